The van der Waals surface area contributed by atoms with Crippen molar-refractivity contribution in [2.75, 3.05) is 25.7 Å². The number of rotatable bonds is 8. The fraction of sp³-hybridized carbons (Fsp3) is 0.423. The number of ether oxygens (including phenoxy) is 2. The summed E-state index contributed by atoms with van der Waals surface area (Å²) < 4.78 is 35.1. The Hall–Kier alpha value is -3.24. The Morgan fingerprint density at radius 2 is 1.67 bits per heavy atom. The largest absolute Gasteiger partial charge is 0.493 e. The zero-order chi connectivity index (χ0) is 26.1. The van der Waals surface area contributed by atoms with E-state index in [0.29, 0.717) is 23.7 Å². The van der Waals surface area contributed by atoms with Crippen molar-refractivity contribution in [3.05, 3.63) is 59.2 Å². The smallest absolute Gasteiger partial charge is 0.433 e. The highest BCUT2D eigenvalue weighted by Gasteiger charge is 2.65. The van der Waals surface area contributed by atoms with Crippen LogP contribution in [0.1, 0.15) is 64.9 Å². The van der Waals surface area contributed by atoms with Gasteiger partial charge in [0.15, 0.2) is 27.4 Å². The van der Waals surface area contributed by atoms with E-state index < -0.39 is 44.0 Å². The summed E-state index contributed by atoms with van der Waals surface area (Å²) in [5.74, 6) is -1.36. The Kier molecular flexibility index (Phi) is 7.19. The zero-order valence-electron chi connectivity index (χ0n) is 20.7. The molecule has 1 aliphatic heterocycles. The van der Waals surface area contributed by atoms with Gasteiger partial charge in [-0.15, -0.1) is 0 Å². The molecule has 2 aromatic rings. The average Bonchev–Trinajstić information content (AvgIpc) is 3.43. The highest BCUT2D eigenvalue weighted by Crippen LogP contribution is 2.43. The second-order valence-electron chi connectivity index (χ2n) is 9.26. The molecule has 0 saturated heterocycles. The molecule has 192 valence electrons. The van der Waals surface area contributed by atoms with Gasteiger partial charge in [0.1, 0.15) is 5.75 Å². The Morgan fingerprint density at radius 3 is 2.19 bits per heavy atom. The van der Waals surface area contributed by atoms with Crippen molar-refractivity contribution < 1.29 is 36.8 Å². The van der Waals surface area contributed by atoms with Crippen LogP contribution in [0.5, 0.6) is 11.5 Å². The molecule has 1 aliphatic carbocycles. The first kappa shape index (κ1) is 25.8. The number of nitrogens with one attached hydrogen (secondary N) is 1. The molecule has 0 aromatic heterocycles. The number of carbonyl (C=O) groups is 3. The molecule has 1 atom stereocenters. The molecule has 4 amide bonds. The first-order valence-corrected chi connectivity index (χ1v) is 14.1. The van der Waals surface area contributed by atoms with Crippen molar-refractivity contribution in [1.82, 2.24) is 5.32 Å². The van der Waals surface area contributed by atoms with E-state index in [1.165, 1.54) is 19.2 Å². The number of imide groups is 3. The third kappa shape index (κ3) is 4.51. The molecule has 0 spiro atoms. The molecular weight excluding hydrogens is 484 g/mol. The molecule has 10 heteroatoms. The maximum atomic E-state index is 14.0. The molecule has 1 N–H and O–H groups in total. The summed E-state index contributed by atoms with van der Waals surface area (Å²) >= 11 is 0. The van der Waals surface area contributed by atoms with Gasteiger partial charge in [-0.05, 0) is 50.1 Å². The number of hydrogen-bond donors (Lipinski definition) is 1. The number of hydrogen-bond acceptors (Lipinski definition) is 7. The lowest BCUT2D eigenvalue weighted by molar-refractivity contribution is -0.711. The van der Waals surface area contributed by atoms with Gasteiger partial charge in [-0.3, -0.25) is 0 Å². The Balaban J connectivity index is 1.95. The van der Waals surface area contributed by atoms with Gasteiger partial charge in [-0.25, -0.2) is 22.8 Å². The predicted octanol–water partition coefficient (Wildman–Crippen LogP) is 3.64. The number of benzene rings is 2. The maximum Gasteiger partial charge on any atom is 0.433 e. The van der Waals surface area contributed by atoms with Crippen LogP contribution in [-0.2, 0) is 9.84 Å². The number of carbonyl (C=O) groups excluding carboxylic acids is 3. The van der Waals surface area contributed by atoms with Crippen LogP contribution in [0.25, 0.3) is 0 Å². The molecule has 2 aliphatic rings. The summed E-state index contributed by atoms with van der Waals surface area (Å²) in [4.78, 5) is 42.1. The van der Waals surface area contributed by atoms with E-state index >= 15 is 0 Å². The maximum absolute atomic E-state index is 14.0. The van der Waals surface area contributed by atoms with E-state index in [0.717, 1.165) is 31.9 Å². The molecule has 9 nitrogen and oxygen atoms in total. The first-order chi connectivity index (χ1) is 17.1. The number of amides is 4. The van der Waals surface area contributed by atoms with Crippen LogP contribution >= 0.6 is 0 Å². The minimum absolute atomic E-state index is 0.0983. The van der Waals surface area contributed by atoms with Crippen molar-refractivity contribution >= 4 is 27.7 Å². The van der Waals surface area contributed by atoms with E-state index in [9.17, 15) is 22.8 Å². The van der Waals surface area contributed by atoms with E-state index in [1.807, 2.05) is 0 Å². The van der Waals surface area contributed by atoms with Crippen molar-refractivity contribution in [3.8, 4) is 11.5 Å². The lowest BCUT2D eigenvalue weighted by Gasteiger charge is -2.34. The highest BCUT2D eigenvalue weighted by atomic mass is 32.2. The SMILES string of the molecule is CCOc1cc(C(CS(C)(=O)=O)[N+]2(C(=O)NC3CCCC3)C(=O)c3ccccc3C2=O)ccc1OC. The van der Waals surface area contributed by atoms with Crippen molar-refractivity contribution in [1.29, 1.82) is 0 Å². The Morgan fingerprint density at radius 1 is 1.06 bits per heavy atom. The molecular formula is C26H31N2O7S+. The minimum Gasteiger partial charge on any atom is -0.493 e. The van der Waals surface area contributed by atoms with E-state index in [2.05, 4.69) is 5.32 Å². The molecule has 1 saturated carbocycles. The van der Waals surface area contributed by atoms with Crippen molar-refractivity contribution in [2.45, 2.75) is 44.7 Å². The van der Waals surface area contributed by atoms with Gasteiger partial charge in [-0.1, -0.05) is 29.5 Å². The fourth-order valence-electron chi connectivity index (χ4n) is 5.17. The number of nitrogens with zero attached hydrogens (tertiary/aromatic N) is 1. The van der Waals surface area contributed by atoms with Gasteiger partial charge in [0, 0.05) is 17.9 Å². The molecule has 1 heterocycles. The zero-order valence-corrected chi connectivity index (χ0v) is 21.5. The first-order valence-electron chi connectivity index (χ1n) is 12.0. The van der Waals surface area contributed by atoms with Crippen LogP contribution < -0.4 is 14.8 Å². The molecule has 1 fully saturated rings. The minimum atomic E-state index is -3.75. The quantitative estimate of drug-likeness (QED) is 0.421. The summed E-state index contributed by atoms with van der Waals surface area (Å²) in [6.07, 6.45) is 4.34. The lowest BCUT2D eigenvalue weighted by atomic mass is 10.0. The van der Waals surface area contributed by atoms with Crippen LogP contribution in [0.4, 0.5) is 4.79 Å². The number of methoxy groups -OCH3 is 1. The second-order valence-corrected chi connectivity index (χ2v) is 11.4. The topological polar surface area (TPSA) is 116 Å². The number of sulfone groups is 1. The van der Waals surface area contributed by atoms with Gasteiger partial charge < -0.3 is 14.8 Å². The third-order valence-corrected chi connectivity index (χ3v) is 7.75. The van der Waals surface area contributed by atoms with E-state index in [4.69, 9.17) is 9.47 Å². The van der Waals surface area contributed by atoms with Gasteiger partial charge in [0.25, 0.3) is 0 Å². The van der Waals surface area contributed by atoms with E-state index in [1.54, 1.807) is 37.3 Å². The van der Waals surface area contributed by atoms with Crippen LogP contribution in [-0.4, -0.2) is 62.5 Å². The monoisotopic (exact) mass is 515 g/mol. The van der Waals surface area contributed by atoms with Crippen LogP contribution in [0.15, 0.2) is 42.5 Å². The summed E-state index contributed by atoms with van der Waals surface area (Å²) in [6.45, 7) is 2.09. The molecule has 1 unspecified atom stereocenters. The van der Waals surface area contributed by atoms with Crippen molar-refractivity contribution in [3.63, 3.8) is 0 Å². The summed E-state index contributed by atoms with van der Waals surface area (Å²) in [5.41, 5.74) is 0.503. The predicted molar refractivity (Wildman–Crippen MR) is 133 cm³/mol. The molecule has 0 radical (unpaired) electrons. The second kappa shape index (κ2) is 10.0. The molecule has 0 bridgehead atoms. The van der Waals surface area contributed by atoms with Crippen molar-refractivity contribution in [2.24, 2.45) is 0 Å². The Labute approximate surface area is 210 Å². The van der Waals surface area contributed by atoms with Gasteiger partial charge >= 0.3 is 17.8 Å². The summed E-state index contributed by atoms with van der Waals surface area (Å²) in [7, 11) is -2.28. The van der Waals surface area contributed by atoms with Gasteiger partial charge in [0.2, 0.25) is 0 Å². The van der Waals surface area contributed by atoms with Crippen LogP contribution in [0.3, 0.4) is 0 Å². The van der Waals surface area contributed by atoms with E-state index in [-0.39, 0.29) is 17.2 Å². The highest BCUT2D eigenvalue weighted by molar-refractivity contribution is 7.90. The third-order valence-electron chi connectivity index (χ3n) is 6.83. The molecule has 4 rings (SSSR count). The molecule has 2 aromatic carbocycles. The normalized spacial score (nSPS) is 18.1. The number of urea groups is 1. The summed E-state index contributed by atoms with van der Waals surface area (Å²) in [5, 5.41) is 2.90. The lowest BCUT2D eigenvalue weighted by Crippen LogP contribution is -2.64. The summed E-state index contributed by atoms with van der Waals surface area (Å²) in [6, 6.07) is 8.59. The number of fused-ring (bicyclic) bond motifs is 1. The standard InChI is InChI=1S/C26H30N2O7S/c1-4-35-23-15-17(13-14-22(23)34-2)21(16-36(3,32)33)28(26(31)27-18-9-5-6-10-18)24(29)19-11-7-8-12-20(19)25(28)30/h7-8,11-15,18,21H,4-6,9-10,16H2,1-3H3/p+1. The van der Waals surface area contributed by atoms with Crippen LogP contribution in [0, 0.1) is 0 Å². The Bertz CT molecular complexity index is 1260. The van der Waals surface area contributed by atoms with Crippen LogP contribution in [0.2, 0.25) is 0 Å². The van der Waals surface area contributed by atoms with Gasteiger partial charge in [-0.2, -0.15) is 0 Å². The fourth-order valence-corrected chi connectivity index (χ4v) is 6.16. The number of quaternary nitrogens is 1. The molecule has 36 heavy (non-hydrogen) atoms. The van der Waals surface area contributed by atoms with Gasteiger partial charge in [0.05, 0.1) is 24.8 Å². The average molecular weight is 516 g/mol.